The molecule has 2 amide bonds. The molecule has 2 fully saturated rings. The van der Waals surface area contributed by atoms with E-state index in [9.17, 15) is 14.0 Å². The van der Waals surface area contributed by atoms with Crippen molar-refractivity contribution < 1.29 is 23.5 Å². The van der Waals surface area contributed by atoms with Gasteiger partial charge in [0.25, 0.3) is 0 Å². The second-order valence-corrected chi connectivity index (χ2v) is 8.25. The highest BCUT2D eigenvalue weighted by Gasteiger charge is 2.32. The van der Waals surface area contributed by atoms with Gasteiger partial charge in [-0.1, -0.05) is 18.6 Å². The topological polar surface area (TPSA) is 67.9 Å². The standard InChI is InChI=1S/C24H27FN2O4/c1-30-21-9-8-17(10-22(21)31-15-16-4-2-5-16)18-11-24(29)27(13-18)14-23(28)26-20-7-3-6-19(25)12-20/h3,6-10,12,16,18H,2,4-5,11,13-15H2,1H3,(H,26,28)/t18-/m1/s1. The molecular formula is C24H27FN2O4. The number of carbonyl (C=O) groups is 2. The number of ether oxygens (including phenoxy) is 2. The number of methoxy groups -OCH3 is 1. The van der Waals surface area contributed by atoms with Crippen molar-refractivity contribution in [1.29, 1.82) is 0 Å². The van der Waals surface area contributed by atoms with E-state index in [2.05, 4.69) is 5.32 Å². The van der Waals surface area contributed by atoms with Crippen molar-refractivity contribution in [3.8, 4) is 11.5 Å². The largest absolute Gasteiger partial charge is 0.493 e. The van der Waals surface area contributed by atoms with Gasteiger partial charge in [0.05, 0.1) is 20.3 Å². The van der Waals surface area contributed by atoms with E-state index in [1.807, 2.05) is 18.2 Å². The summed E-state index contributed by atoms with van der Waals surface area (Å²) in [7, 11) is 1.61. The molecule has 1 saturated heterocycles. The van der Waals surface area contributed by atoms with Gasteiger partial charge in [-0.15, -0.1) is 0 Å². The predicted molar refractivity (Wildman–Crippen MR) is 115 cm³/mol. The fourth-order valence-corrected chi connectivity index (χ4v) is 4.02. The molecule has 0 radical (unpaired) electrons. The van der Waals surface area contributed by atoms with Gasteiger partial charge in [-0.05, 0) is 54.7 Å². The smallest absolute Gasteiger partial charge is 0.243 e. The van der Waals surface area contributed by atoms with Gasteiger partial charge in [0, 0.05) is 24.6 Å². The highest BCUT2D eigenvalue weighted by atomic mass is 19.1. The van der Waals surface area contributed by atoms with Crippen molar-refractivity contribution >= 4 is 17.5 Å². The molecule has 1 aliphatic heterocycles. The molecule has 2 aromatic carbocycles. The number of nitrogens with one attached hydrogen (secondary N) is 1. The van der Waals surface area contributed by atoms with Crippen molar-refractivity contribution in [1.82, 2.24) is 4.90 Å². The first-order chi connectivity index (χ1) is 15.0. The maximum Gasteiger partial charge on any atom is 0.243 e. The number of hydrogen-bond donors (Lipinski definition) is 1. The molecule has 31 heavy (non-hydrogen) atoms. The molecule has 1 saturated carbocycles. The number of rotatable bonds is 8. The Hall–Kier alpha value is -3.09. The summed E-state index contributed by atoms with van der Waals surface area (Å²) in [5.74, 6) is 1.11. The van der Waals surface area contributed by atoms with Gasteiger partial charge in [0.15, 0.2) is 11.5 Å². The summed E-state index contributed by atoms with van der Waals surface area (Å²) in [5.41, 5.74) is 1.36. The maximum absolute atomic E-state index is 13.3. The van der Waals surface area contributed by atoms with Crippen molar-refractivity contribution in [3.63, 3.8) is 0 Å². The second-order valence-electron chi connectivity index (χ2n) is 8.25. The number of anilines is 1. The summed E-state index contributed by atoms with van der Waals surface area (Å²) in [6, 6.07) is 11.5. The third-order valence-corrected chi connectivity index (χ3v) is 6.02. The number of benzene rings is 2. The molecule has 1 N–H and O–H groups in total. The van der Waals surface area contributed by atoms with Crippen LogP contribution in [0.4, 0.5) is 10.1 Å². The number of nitrogens with zero attached hydrogens (tertiary/aromatic N) is 1. The Morgan fingerprint density at radius 1 is 1.19 bits per heavy atom. The lowest BCUT2D eigenvalue weighted by atomic mass is 9.86. The molecule has 0 bridgehead atoms. The van der Waals surface area contributed by atoms with Crippen molar-refractivity contribution in [2.75, 3.05) is 32.1 Å². The van der Waals surface area contributed by atoms with Gasteiger partial charge in [0.2, 0.25) is 11.8 Å². The minimum absolute atomic E-state index is 0.0218. The minimum atomic E-state index is -0.426. The van der Waals surface area contributed by atoms with Crippen LogP contribution < -0.4 is 14.8 Å². The minimum Gasteiger partial charge on any atom is -0.493 e. The molecule has 0 unspecified atom stereocenters. The average Bonchev–Trinajstić information content (AvgIpc) is 3.07. The third kappa shape index (κ3) is 5.16. The molecule has 164 valence electrons. The molecule has 0 spiro atoms. The molecule has 1 aliphatic carbocycles. The summed E-state index contributed by atoms with van der Waals surface area (Å²) in [4.78, 5) is 26.4. The summed E-state index contributed by atoms with van der Waals surface area (Å²) in [6.07, 6.45) is 4.00. The zero-order valence-corrected chi connectivity index (χ0v) is 17.6. The molecule has 7 heteroatoms. The first kappa shape index (κ1) is 21.2. The normalized spacial score (nSPS) is 18.6. The quantitative estimate of drug-likeness (QED) is 0.694. The lowest BCUT2D eigenvalue weighted by Gasteiger charge is -2.25. The second kappa shape index (κ2) is 9.37. The summed E-state index contributed by atoms with van der Waals surface area (Å²) in [5, 5.41) is 2.64. The molecule has 1 heterocycles. The Morgan fingerprint density at radius 2 is 2.03 bits per heavy atom. The maximum atomic E-state index is 13.3. The Bertz CT molecular complexity index is 960. The number of carbonyl (C=O) groups excluding carboxylic acids is 2. The molecule has 4 rings (SSSR count). The fraction of sp³-hybridized carbons (Fsp3) is 0.417. The Kier molecular flexibility index (Phi) is 6.39. The highest BCUT2D eigenvalue weighted by molar-refractivity contribution is 5.95. The predicted octanol–water partition coefficient (Wildman–Crippen LogP) is 3.97. The monoisotopic (exact) mass is 426 g/mol. The van der Waals surface area contributed by atoms with Crippen molar-refractivity contribution in [2.24, 2.45) is 5.92 Å². The van der Waals surface area contributed by atoms with Crippen LogP contribution in [0.5, 0.6) is 11.5 Å². The first-order valence-electron chi connectivity index (χ1n) is 10.7. The number of likely N-dealkylation sites (tertiary alicyclic amines) is 1. The van der Waals surface area contributed by atoms with Gasteiger partial charge < -0.3 is 19.7 Å². The first-order valence-corrected chi connectivity index (χ1v) is 10.7. The Labute approximate surface area is 181 Å². The Morgan fingerprint density at radius 3 is 2.74 bits per heavy atom. The fourth-order valence-electron chi connectivity index (χ4n) is 4.02. The number of amides is 2. The van der Waals surface area contributed by atoms with E-state index in [0.717, 1.165) is 5.56 Å². The van der Waals surface area contributed by atoms with Crippen LogP contribution in [0.1, 0.15) is 37.2 Å². The van der Waals surface area contributed by atoms with Crippen LogP contribution >= 0.6 is 0 Å². The number of halogens is 1. The summed E-state index contributed by atoms with van der Waals surface area (Å²) >= 11 is 0. The zero-order chi connectivity index (χ0) is 21.8. The summed E-state index contributed by atoms with van der Waals surface area (Å²) in [6.45, 7) is 1.06. The molecule has 6 nitrogen and oxygen atoms in total. The van der Waals surface area contributed by atoms with E-state index in [4.69, 9.17) is 9.47 Å². The SMILES string of the molecule is COc1ccc([C@@H]2CC(=O)N(CC(=O)Nc3cccc(F)c3)C2)cc1OCC1CCC1. The average molecular weight is 426 g/mol. The third-order valence-electron chi connectivity index (χ3n) is 6.02. The van der Waals surface area contributed by atoms with Crippen LogP contribution in [0.25, 0.3) is 0 Å². The number of hydrogen-bond acceptors (Lipinski definition) is 4. The van der Waals surface area contributed by atoms with E-state index in [1.54, 1.807) is 18.1 Å². The molecule has 1 atom stereocenters. The van der Waals surface area contributed by atoms with Gasteiger partial charge in [0.1, 0.15) is 5.82 Å². The van der Waals surface area contributed by atoms with Crippen molar-refractivity contribution in [2.45, 2.75) is 31.6 Å². The van der Waals surface area contributed by atoms with Crippen LogP contribution in [0, 0.1) is 11.7 Å². The van der Waals surface area contributed by atoms with Crippen molar-refractivity contribution in [3.05, 3.63) is 53.8 Å². The van der Waals surface area contributed by atoms with E-state index in [1.165, 1.54) is 37.5 Å². The van der Waals surface area contributed by atoms with E-state index < -0.39 is 5.82 Å². The van der Waals surface area contributed by atoms with Gasteiger partial charge in [-0.25, -0.2) is 4.39 Å². The Balaban J connectivity index is 1.38. The van der Waals surface area contributed by atoms with E-state index >= 15 is 0 Å². The lowest BCUT2D eigenvalue weighted by Crippen LogP contribution is -2.34. The zero-order valence-electron chi connectivity index (χ0n) is 17.6. The van der Waals surface area contributed by atoms with Gasteiger partial charge >= 0.3 is 0 Å². The van der Waals surface area contributed by atoms with Crippen LogP contribution in [-0.2, 0) is 9.59 Å². The highest BCUT2D eigenvalue weighted by Crippen LogP contribution is 2.36. The van der Waals surface area contributed by atoms with Crippen LogP contribution in [0.15, 0.2) is 42.5 Å². The summed E-state index contributed by atoms with van der Waals surface area (Å²) < 4.78 is 24.7. The molecule has 2 aliphatic rings. The van der Waals surface area contributed by atoms with E-state index in [0.29, 0.717) is 42.7 Å². The lowest BCUT2D eigenvalue weighted by molar-refractivity contribution is -0.131. The van der Waals surface area contributed by atoms with Gasteiger partial charge in [-0.2, -0.15) is 0 Å². The van der Waals surface area contributed by atoms with Gasteiger partial charge in [-0.3, -0.25) is 9.59 Å². The molecule has 0 aromatic heterocycles. The van der Waals surface area contributed by atoms with Crippen LogP contribution in [0.3, 0.4) is 0 Å². The molecular weight excluding hydrogens is 399 g/mol. The van der Waals surface area contributed by atoms with E-state index in [-0.39, 0.29) is 24.3 Å². The van der Waals surface area contributed by atoms with Crippen LogP contribution in [-0.4, -0.2) is 43.5 Å². The molecule has 2 aromatic rings. The van der Waals surface area contributed by atoms with Crippen LogP contribution in [0.2, 0.25) is 0 Å².